The van der Waals surface area contributed by atoms with Gasteiger partial charge in [-0.3, -0.25) is 0 Å². The van der Waals surface area contributed by atoms with Crippen LogP contribution in [0.2, 0.25) is 0 Å². The first-order valence-electron chi connectivity index (χ1n) is 6.96. The third kappa shape index (κ3) is 2.53. The van der Waals surface area contributed by atoms with Crippen molar-refractivity contribution in [3.8, 4) is 0 Å². The van der Waals surface area contributed by atoms with Gasteiger partial charge in [0.1, 0.15) is 5.82 Å². The lowest BCUT2D eigenvalue weighted by atomic mass is 9.70. The number of hydrogen-bond donors (Lipinski definition) is 0. The minimum atomic E-state index is 0.0261. The van der Waals surface area contributed by atoms with E-state index in [9.17, 15) is 4.39 Å². The van der Waals surface area contributed by atoms with Crippen molar-refractivity contribution in [3.05, 3.63) is 35.1 Å². The lowest BCUT2D eigenvalue weighted by molar-refractivity contribution is 0.173. The van der Waals surface area contributed by atoms with E-state index >= 15 is 0 Å². The number of halogens is 1. The first-order valence-corrected chi connectivity index (χ1v) is 6.96. The lowest BCUT2D eigenvalue weighted by Crippen LogP contribution is -2.26. The number of rotatable bonds is 4. The molecule has 2 saturated carbocycles. The van der Waals surface area contributed by atoms with E-state index in [1.54, 1.807) is 0 Å². The molecule has 2 fully saturated rings. The van der Waals surface area contributed by atoms with Gasteiger partial charge in [0.2, 0.25) is 0 Å². The van der Waals surface area contributed by atoms with E-state index in [1.165, 1.54) is 32.1 Å². The van der Waals surface area contributed by atoms with Crippen LogP contribution in [-0.4, -0.2) is 0 Å². The summed E-state index contributed by atoms with van der Waals surface area (Å²) in [7, 11) is 0. The van der Waals surface area contributed by atoms with E-state index in [2.05, 4.69) is 0 Å². The van der Waals surface area contributed by atoms with Gasteiger partial charge in [-0.25, -0.2) is 4.39 Å². The molecule has 0 radical (unpaired) electrons. The molecule has 0 unspecified atom stereocenters. The summed E-state index contributed by atoms with van der Waals surface area (Å²) < 4.78 is 13.8. The summed E-state index contributed by atoms with van der Waals surface area (Å²) in [5.41, 5.74) is 1.72. The van der Waals surface area contributed by atoms with E-state index in [1.807, 2.05) is 25.1 Å². The maximum atomic E-state index is 13.8. The second-order valence-corrected chi connectivity index (χ2v) is 6.13. The smallest absolute Gasteiger partial charge is 0.129 e. The van der Waals surface area contributed by atoms with E-state index in [-0.39, 0.29) is 5.82 Å². The second-order valence-electron chi connectivity index (χ2n) is 6.13. The van der Waals surface area contributed by atoms with Crippen LogP contribution in [0.4, 0.5) is 4.39 Å². The summed E-state index contributed by atoms with van der Waals surface area (Å²) >= 11 is 0. The minimum absolute atomic E-state index is 0.0261. The fourth-order valence-corrected chi connectivity index (χ4v) is 3.23. The highest BCUT2D eigenvalue weighted by molar-refractivity contribution is 5.25. The SMILES string of the molecule is Cc1cccc(CC2CC(CC3CC3)C2)c1F. The van der Waals surface area contributed by atoms with Crippen LogP contribution in [0.3, 0.4) is 0 Å². The molecule has 1 aromatic carbocycles. The third-order valence-electron chi connectivity index (χ3n) is 4.48. The normalized spacial score (nSPS) is 27.9. The number of hydrogen-bond acceptors (Lipinski definition) is 0. The molecule has 17 heavy (non-hydrogen) atoms. The molecule has 0 aromatic heterocycles. The van der Waals surface area contributed by atoms with Crippen LogP contribution in [0.15, 0.2) is 18.2 Å². The van der Waals surface area contributed by atoms with Crippen molar-refractivity contribution >= 4 is 0 Å². The Labute approximate surface area is 103 Å². The Morgan fingerprint density at radius 1 is 1.12 bits per heavy atom. The predicted molar refractivity (Wildman–Crippen MR) is 68.4 cm³/mol. The maximum absolute atomic E-state index is 13.8. The molecule has 0 aliphatic heterocycles. The first kappa shape index (κ1) is 11.3. The second kappa shape index (κ2) is 4.44. The van der Waals surface area contributed by atoms with Crippen LogP contribution in [0.1, 0.15) is 43.2 Å². The van der Waals surface area contributed by atoms with Gasteiger partial charge in [0, 0.05) is 0 Å². The molecule has 0 bridgehead atoms. The Balaban J connectivity index is 1.52. The molecule has 0 heterocycles. The molecule has 1 heteroatoms. The van der Waals surface area contributed by atoms with Crippen LogP contribution in [-0.2, 0) is 6.42 Å². The zero-order valence-electron chi connectivity index (χ0n) is 10.6. The quantitative estimate of drug-likeness (QED) is 0.717. The van der Waals surface area contributed by atoms with Gasteiger partial charge in [-0.15, -0.1) is 0 Å². The molecule has 0 amide bonds. The van der Waals surface area contributed by atoms with Crippen LogP contribution in [0.5, 0.6) is 0 Å². The van der Waals surface area contributed by atoms with Gasteiger partial charge < -0.3 is 0 Å². The van der Waals surface area contributed by atoms with Crippen molar-refractivity contribution in [1.29, 1.82) is 0 Å². The molecule has 92 valence electrons. The van der Waals surface area contributed by atoms with E-state index in [4.69, 9.17) is 0 Å². The van der Waals surface area contributed by atoms with Crippen LogP contribution in [0.25, 0.3) is 0 Å². The molecule has 0 N–H and O–H groups in total. The molecule has 2 aliphatic carbocycles. The fraction of sp³-hybridized carbons (Fsp3) is 0.625. The summed E-state index contributed by atoms with van der Waals surface area (Å²) in [4.78, 5) is 0. The fourth-order valence-electron chi connectivity index (χ4n) is 3.23. The molecule has 0 atom stereocenters. The maximum Gasteiger partial charge on any atom is 0.129 e. The van der Waals surface area contributed by atoms with Crippen molar-refractivity contribution in [2.75, 3.05) is 0 Å². The summed E-state index contributed by atoms with van der Waals surface area (Å²) in [6.45, 7) is 1.86. The Kier molecular flexibility index (Phi) is 2.94. The van der Waals surface area contributed by atoms with E-state index in [0.717, 1.165) is 35.3 Å². The summed E-state index contributed by atoms with van der Waals surface area (Å²) in [6, 6.07) is 5.79. The van der Waals surface area contributed by atoms with Gasteiger partial charge in [0.05, 0.1) is 0 Å². The van der Waals surface area contributed by atoms with Gasteiger partial charge >= 0.3 is 0 Å². The molecule has 0 nitrogen and oxygen atoms in total. The highest BCUT2D eigenvalue weighted by Crippen LogP contribution is 2.45. The Morgan fingerprint density at radius 3 is 2.59 bits per heavy atom. The van der Waals surface area contributed by atoms with E-state index in [0.29, 0.717) is 0 Å². The molecule has 2 aliphatic rings. The largest absolute Gasteiger partial charge is 0.206 e. The molecule has 3 rings (SSSR count). The molecule has 0 spiro atoms. The monoisotopic (exact) mass is 232 g/mol. The Hall–Kier alpha value is -0.850. The zero-order chi connectivity index (χ0) is 11.8. The number of benzene rings is 1. The van der Waals surface area contributed by atoms with Crippen LogP contribution < -0.4 is 0 Å². The van der Waals surface area contributed by atoms with Crippen molar-refractivity contribution < 1.29 is 4.39 Å². The van der Waals surface area contributed by atoms with Crippen LogP contribution >= 0.6 is 0 Å². The topological polar surface area (TPSA) is 0 Å². The van der Waals surface area contributed by atoms with Crippen molar-refractivity contribution in [3.63, 3.8) is 0 Å². The third-order valence-corrected chi connectivity index (χ3v) is 4.48. The summed E-state index contributed by atoms with van der Waals surface area (Å²) in [5.74, 6) is 2.78. The standard InChI is InChI=1S/C16H21F/c1-11-3-2-4-15(16(11)17)10-14-8-13(9-14)7-12-5-6-12/h2-4,12-14H,5-10H2,1H3. The van der Waals surface area contributed by atoms with Crippen molar-refractivity contribution in [2.45, 2.75) is 45.4 Å². The molecular formula is C16H21F. The highest BCUT2D eigenvalue weighted by atomic mass is 19.1. The summed E-state index contributed by atoms with van der Waals surface area (Å²) in [5, 5.41) is 0. The summed E-state index contributed by atoms with van der Waals surface area (Å²) in [6.07, 6.45) is 8.01. The lowest BCUT2D eigenvalue weighted by Gasteiger charge is -2.35. The minimum Gasteiger partial charge on any atom is -0.206 e. The number of aryl methyl sites for hydroxylation is 1. The predicted octanol–water partition coefficient (Wildman–Crippen LogP) is 4.50. The molecule has 1 aromatic rings. The molecule has 0 saturated heterocycles. The zero-order valence-corrected chi connectivity index (χ0v) is 10.6. The Morgan fingerprint density at radius 2 is 1.88 bits per heavy atom. The average Bonchev–Trinajstić information content (AvgIpc) is 3.05. The van der Waals surface area contributed by atoms with E-state index < -0.39 is 0 Å². The van der Waals surface area contributed by atoms with Crippen molar-refractivity contribution in [1.82, 2.24) is 0 Å². The van der Waals surface area contributed by atoms with Gasteiger partial charge in [-0.2, -0.15) is 0 Å². The van der Waals surface area contributed by atoms with Crippen molar-refractivity contribution in [2.24, 2.45) is 17.8 Å². The molecular weight excluding hydrogens is 211 g/mol. The van der Waals surface area contributed by atoms with Gasteiger partial charge in [-0.05, 0) is 61.5 Å². The Bertz CT molecular complexity index is 400. The van der Waals surface area contributed by atoms with Gasteiger partial charge in [-0.1, -0.05) is 31.0 Å². The van der Waals surface area contributed by atoms with Gasteiger partial charge in [0.15, 0.2) is 0 Å². The van der Waals surface area contributed by atoms with Gasteiger partial charge in [0.25, 0.3) is 0 Å². The average molecular weight is 232 g/mol. The first-order chi connectivity index (χ1) is 8.22. The highest BCUT2D eigenvalue weighted by Gasteiger charge is 2.34. The van der Waals surface area contributed by atoms with Crippen LogP contribution in [0, 0.1) is 30.5 Å².